The zero-order valence-electron chi connectivity index (χ0n) is 8.41. The summed E-state index contributed by atoms with van der Waals surface area (Å²) < 4.78 is 0. The third-order valence-corrected chi connectivity index (χ3v) is 2.62. The van der Waals surface area contributed by atoms with Crippen LogP contribution < -0.4 is 0 Å². The molecule has 0 saturated heterocycles. The molecule has 0 heterocycles. The van der Waals surface area contributed by atoms with E-state index in [4.69, 9.17) is 28.3 Å². The number of carbonyl (C=O) groups is 2. The number of likely N-dealkylation sites (N-methyl/N-ethyl adjacent to an activating group) is 1. The van der Waals surface area contributed by atoms with E-state index in [-0.39, 0.29) is 11.6 Å². The normalized spacial score (nSPS) is 9.94. The second-order valence-electron chi connectivity index (χ2n) is 3.18. The molecule has 1 aromatic carbocycles. The summed E-state index contributed by atoms with van der Waals surface area (Å²) in [5.74, 6) is -1.49. The minimum atomic E-state index is -1.07. The van der Waals surface area contributed by atoms with Crippen LogP contribution in [-0.4, -0.2) is 35.5 Å². The molecule has 0 aliphatic heterocycles. The van der Waals surface area contributed by atoms with Gasteiger partial charge in [0.05, 0.1) is 10.0 Å². The van der Waals surface area contributed by atoms with Gasteiger partial charge in [-0.3, -0.25) is 9.59 Å². The summed E-state index contributed by atoms with van der Waals surface area (Å²) >= 11 is 11.4. The molecule has 0 aliphatic carbocycles. The Morgan fingerprint density at radius 1 is 1.31 bits per heavy atom. The number of aliphatic carboxylic acids is 1. The standard InChI is InChI=1S/C10H9Cl2NO3/c1-13(5-9(14)15)10(16)6-2-3-7(11)8(12)4-6/h2-4H,5H2,1H3,(H,14,15). The second kappa shape index (κ2) is 5.18. The fourth-order valence-corrected chi connectivity index (χ4v) is 1.42. The SMILES string of the molecule is CN(CC(=O)O)C(=O)c1ccc(Cl)c(Cl)c1. The molecule has 1 rings (SSSR count). The topological polar surface area (TPSA) is 57.6 Å². The highest BCUT2D eigenvalue weighted by Gasteiger charge is 2.15. The van der Waals surface area contributed by atoms with Crippen molar-refractivity contribution in [2.75, 3.05) is 13.6 Å². The summed E-state index contributed by atoms with van der Waals surface area (Å²) in [4.78, 5) is 23.2. The Balaban J connectivity index is 2.88. The third-order valence-electron chi connectivity index (χ3n) is 1.89. The highest BCUT2D eigenvalue weighted by atomic mass is 35.5. The van der Waals surface area contributed by atoms with E-state index in [9.17, 15) is 9.59 Å². The molecule has 0 aromatic heterocycles. The number of hydrogen-bond donors (Lipinski definition) is 1. The number of hydrogen-bond acceptors (Lipinski definition) is 2. The quantitative estimate of drug-likeness (QED) is 0.907. The Morgan fingerprint density at radius 3 is 2.44 bits per heavy atom. The van der Waals surface area contributed by atoms with E-state index in [1.807, 2.05) is 0 Å². The van der Waals surface area contributed by atoms with Crippen molar-refractivity contribution in [2.24, 2.45) is 0 Å². The molecular formula is C10H9Cl2NO3. The van der Waals surface area contributed by atoms with Crippen molar-refractivity contribution in [3.8, 4) is 0 Å². The maximum atomic E-state index is 11.7. The van der Waals surface area contributed by atoms with Gasteiger partial charge in [0.1, 0.15) is 6.54 Å². The van der Waals surface area contributed by atoms with E-state index in [1.54, 1.807) is 0 Å². The van der Waals surface area contributed by atoms with Crippen molar-refractivity contribution in [3.63, 3.8) is 0 Å². The lowest BCUT2D eigenvalue weighted by atomic mass is 10.2. The molecule has 86 valence electrons. The van der Waals surface area contributed by atoms with Crippen LogP contribution in [0.4, 0.5) is 0 Å². The molecule has 16 heavy (non-hydrogen) atoms. The Labute approximate surface area is 102 Å². The first-order valence-electron chi connectivity index (χ1n) is 4.34. The number of rotatable bonds is 3. The van der Waals surface area contributed by atoms with Crippen molar-refractivity contribution >= 4 is 35.1 Å². The maximum absolute atomic E-state index is 11.7. The smallest absolute Gasteiger partial charge is 0.323 e. The molecule has 0 spiro atoms. The molecule has 1 amide bonds. The van der Waals surface area contributed by atoms with E-state index >= 15 is 0 Å². The van der Waals surface area contributed by atoms with Gasteiger partial charge in [0.15, 0.2) is 0 Å². The number of benzene rings is 1. The predicted molar refractivity (Wildman–Crippen MR) is 61.1 cm³/mol. The number of carbonyl (C=O) groups excluding carboxylic acids is 1. The van der Waals surface area contributed by atoms with E-state index in [0.717, 1.165) is 4.90 Å². The Hall–Kier alpha value is -1.26. The average Bonchev–Trinajstić information content (AvgIpc) is 2.20. The van der Waals surface area contributed by atoms with Crippen LogP contribution in [0.3, 0.4) is 0 Å². The van der Waals surface area contributed by atoms with Gasteiger partial charge in [-0.25, -0.2) is 0 Å². The highest BCUT2D eigenvalue weighted by molar-refractivity contribution is 6.42. The van der Waals surface area contributed by atoms with E-state index in [2.05, 4.69) is 0 Å². The number of halogens is 2. The molecular weight excluding hydrogens is 253 g/mol. The van der Waals surface area contributed by atoms with Gasteiger partial charge in [0.2, 0.25) is 0 Å². The molecule has 0 aliphatic rings. The minimum absolute atomic E-state index is 0.260. The fraction of sp³-hybridized carbons (Fsp3) is 0.200. The molecule has 0 radical (unpaired) electrons. The largest absolute Gasteiger partial charge is 0.480 e. The van der Waals surface area contributed by atoms with E-state index in [1.165, 1.54) is 25.2 Å². The molecule has 0 fully saturated rings. The van der Waals surface area contributed by atoms with Crippen LogP contribution in [0.15, 0.2) is 18.2 Å². The molecule has 0 unspecified atom stereocenters. The van der Waals surface area contributed by atoms with Gasteiger partial charge < -0.3 is 10.0 Å². The van der Waals surface area contributed by atoms with Crippen molar-refractivity contribution in [1.82, 2.24) is 4.90 Å². The fourth-order valence-electron chi connectivity index (χ4n) is 1.12. The predicted octanol–water partition coefficient (Wildman–Crippen LogP) is 2.15. The first-order valence-corrected chi connectivity index (χ1v) is 5.09. The summed E-state index contributed by atoms with van der Waals surface area (Å²) in [5.41, 5.74) is 0.304. The van der Waals surface area contributed by atoms with Crippen molar-refractivity contribution in [3.05, 3.63) is 33.8 Å². The summed E-state index contributed by atoms with van der Waals surface area (Å²) in [7, 11) is 1.40. The van der Waals surface area contributed by atoms with Crippen LogP contribution in [0.1, 0.15) is 10.4 Å². The van der Waals surface area contributed by atoms with Crippen LogP contribution in [0.5, 0.6) is 0 Å². The molecule has 1 N–H and O–H groups in total. The summed E-state index contributed by atoms with van der Waals surface area (Å²) in [6, 6.07) is 4.39. The number of amides is 1. The summed E-state index contributed by atoms with van der Waals surface area (Å²) in [6.07, 6.45) is 0. The molecule has 6 heteroatoms. The van der Waals surface area contributed by atoms with Gasteiger partial charge in [-0.1, -0.05) is 23.2 Å². The molecule has 4 nitrogen and oxygen atoms in total. The van der Waals surface area contributed by atoms with E-state index < -0.39 is 11.9 Å². The average molecular weight is 262 g/mol. The first-order chi connectivity index (χ1) is 7.41. The molecule has 0 saturated carbocycles. The lowest BCUT2D eigenvalue weighted by Gasteiger charge is -2.14. The lowest BCUT2D eigenvalue weighted by molar-refractivity contribution is -0.137. The highest BCUT2D eigenvalue weighted by Crippen LogP contribution is 2.23. The third kappa shape index (κ3) is 3.12. The zero-order valence-corrected chi connectivity index (χ0v) is 9.92. The Morgan fingerprint density at radius 2 is 1.94 bits per heavy atom. The van der Waals surface area contributed by atoms with Crippen LogP contribution in [0, 0.1) is 0 Å². The van der Waals surface area contributed by atoms with Gasteiger partial charge in [-0.2, -0.15) is 0 Å². The molecule has 0 atom stereocenters. The maximum Gasteiger partial charge on any atom is 0.323 e. The van der Waals surface area contributed by atoms with Crippen LogP contribution >= 0.6 is 23.2 Å². The Bertz CT molecular complexity index is 434. The van der Waals surface area contributed by atoms with Crippen molar-refractivity contribution < 1.29 is 14.7 Å². The molecule has 0 bridgehead atoms. The summed E-state index contributed by atoms with van der Waals surface area (Å²) in [5, 5.41) is 9.14. The van der Waals surface area contributed by atoms with Gasteiger partial charge in [-0.05, 0) is 18.2 Å². The number of carboxylic acid groups (broad SMARTS) is 1. The van der Waals surface area contributed by atoms with Crippen LogP contribution in [0.25, 0.3) is 0 Å². The van der Waals surface area contributed by atoms with E-state index in [0.29, 0.717) is 10.6 Å². The van der Waals surface area contributed by atoms with Crippen molar-refractivity contribution in [1.29, 1.82) is 0 Å². The van der Waals surface area contributed by atoms with Gasteiger partial charge in [0.25, 0.3) is 5.91 Å². The lowest BCUT2D eigenvalue weighted by Crippen LogP contribution is -2.31. The second-order valence-corrected chi connectivity index (χ2v) is 4.00. The number of carboxylic acids is 1. The first kappa shape index (κ1) is 12.8. The monoisotopic (exact) mass is 261 g/mol. The Kier molecular flexibility index (Phi) is 4.15. The minimum Gasteiger partial charge on any atom is -0.480 e. The van der Waals surface area contributed by atoms with Gasteiger partial charge in [-0.15, -0.1) is 0 Å². The van der Waals surface area contributed by atoms with Crippen molar-refractivity contribution in [2.45, 2.75) is 0 Å². The molecule has 1 aromatic rings. The van der Waals surface area contributed by atoms with Gasteiger partial charge in [0, 0.05) is 12.6 Å². The van der Waals surface area contributed by atoms with Crippen LogP contribution in [-0.2, 0) is 4.79 Å². The van der Waals surface area contributed by atoms with Gasteiger partial charge >= 0.3 is 5.97 Å². The zero-order chi connectivity index (χ0) is 12.3. The number of nitrogens with zero attached hydrogens (tertiary/aromatic N) is 1. The van der Waals surface area contributed by atoms with Crippen LogP contribution in [0.2, 0.25) is 10.0 Å². The summed E-state index contributed by atoms with van der Waals surface area (Å²) in [6.45, 7) is -0.362.